The number of aliphatic hydroxyl groups excluding tert-OH is 3. The lowest BCUT2D eigenvalue weighted by molar-refractivity contribution is 0.0201. The van der Waals surface area contributed by atoms with Crippen LogP contribution >= 0.6 is 0 Å². The Kier molecular flexibility index (Phi) is 4.42. The molecular formula is C11H19N5O4. The van der Waals surface area contributed by atoms with Gasteiger partial charge in [-0.25, -0.2) is 0 Å². The van der Waals surface area contributed by atoms with Gasteiger partial charge in [0.1, 0.15) is 5.69 Å². The van der Waals surface area contributed by atoms with Gasteiger partial charge in [0.2, 0.25) is 5.95 Å². The molecule has 2 unspecified atom stereocenters. The SMILES string of the molecule is Nc1nc2c(c(=O)[nH]1)NCN2CCC(CO)C(O)CO. The van der Waals surface area contributed by atoms with Crippen molar-refractivity contribution in [3.05, 3.63) is 10.4 Å². The van der Waals surface area contributed by atoms with Crippen molar-refractivity contribution in [2.45, 2.75) is 12.5 Å². The van der Waals surface area contributed by atoms with Crippen LogP contribution < -0.4 is 21.5 Å². The minimum atomic E-state index is -0.966. The summed E-state index contributed by atoms with van der Waals surface area (Å²) in [6, 6.07) is 0. The number of nitrogen functional groups attached to an aromatic ring is 1. The molecule has 2 rings (SSSR count). The fourth-order valence-corrected chi connectivity index (χ4v) is 2.18. The largest absolute Gasteiger partial charge is 0.396 e. The van der Waals surface area contributed by atoms with E-state index in [1.165, 1.54) is 0 Å². The van der Waals surface area contributed by atoms with Crippen LogP contribution in [0.2, 0.25) is 0 Å². The van der Waals surface area contributed by atoms with Crippen LogP contribution in [0.3, 0.4) is 0 Å². The number of rotatable bonds is 6. The van der Waals surface area contributed by atoms with E-state index in [4.69, 9.17) is 10.8 Å². The number of hydrogen-bond donors (Lipinski definition) is 6. The molecule has 0 saturated carbocycles. The lowest BCUT2D eigenvalue weighted by atomic mass is 10.00. The first kappa shape index (κ1) is 14.6. The molecule has 9 heteroatoms. The molecule has 0 saturated heterocycles. The van der Waals surface area contributed by atoms with Crippen molar-refractivity contribution in [1.29, 1.82) is 0 Å². The van der Waals surface area contributed by atoms with Crippen molar-refractivity contribution >= 4 is 17.5 Å². The van der Waals surface area contributed by atoms with E-state index in [0.29, 0.717) is 31.1 Å². The molecule has 9 nitrogen and oxygen atoms in total. The van der Waals surface area contributed by atoms with Crippen molar-refractivity contribution in [1.82, 2.24) is 9.97 Å². The van der Waals surface area contributed by atoms with E-state index in [1.54, 1.807) is 4.90 Å². The Balaban J connectivity index is 2.06. The third-order valence-electron chi connectivity index (χ3n) is 3.40. The van der Waals surface area contributed by atoms with Gasteiger partial charge in [-0.3, -0.25) is 9.78 Å². The average molecular weight is 285 g/mol. The third kappa shape index (κ3) is 2.84. The van der Waals surface area contributed by atoms with Gasteiger partial charge < -0.3 is 31.3 Å². The molecular weight excluding hydrogens is 266 g/mol. The van der Waals surface area contributed by atoms with Crippen molar-refractivity contribution in [3.63, 3.8) is 0 Å². The molecule has 0 spiro atoms. The second-order valence-electron chi connectivity index (χ2n) is 4.73. The van der Waals surface area contributed by atoms with Gasteiger partial charge in [-0.2, -0.15) is 4.98 Å². The Bertz CT molecular complexity index is 520. The number of aromatic nitrogens is 2. The number of nitrogens with two attached hydrogens (primary N) is 1. The highest BCUT2D eigenvalue weighted by atomic mass is 16.3. The monoisotopic (exact) mass is 285 g/mol. The molecule has 7 N–H and O–H groups in total. The summed E-state index contributed by atoms with van der Waals surface area (Å²) in [7, 11) is 0. The standard InChI is InChI=1S/C11H19N5O4/c12-11-14-9-8(10(20)15-11)13-5-16(9)2-1-6(3-17)7(19)4-18/h6-7,13,17-19H,1-5H2,(H3,12,14,15,20). The van der Waals surface area contributed by atoms with Gasteiger partial charge in [-0.1, -0.05) is 0 Å². The first-order valence-corrected chi connectivity index (χ1v) is 6.35. The number of aliphatic hydroxyl groups is 3. The maximum Gasteiger partial charge on any atom is 0.277 e. The summed E-state index contributed by atoms with van der Waals surface area (Å²) in [5.74, 6) is 0.0707. The minimum Gasteiger partial charge on any atom is -0.396 e. The Morgan fingerprint density at radius 1 is 1.40 bits per heavy atom. The number of aromatic amines is 1. The van der Waals surface area contributed by atoms with Crippen molar-refractivity contribution in [2.75, 3.05) is 42.4 Å². The molecule has 1 aliphatic rings. The molecule has 20 heavy (non-hydrogen) atoms. The average Bonchev–Trinajstić information content (AvgIpc) is 2.82. The molecule has 0 radical (unpaired) electrons. The number of H-pyrrole nitrogens is 1. The van der Waals surface area contributed by atoms with E-state index in [-0.39, 0.29) is 18.1 Å². The Morgan fingerprint density at radius 3 is 2.80 bits per heavy atom. The highest BCUT2D eigenvalue weighted by Gasteiger charge is 2.25. The smallest absolute Gasteiger partial charge is 0.277 e. The number of fused-ring (bicyclic) bond motifs is 1. The predicted octanol–water partition coefficient (Wildman–Crippen LogP) is -2.11. The fourth-order valence-electron chi connectivity index (χ4n) is 2.18. The molecule has 0 bridgehead atoms. The molecule has 2 heterocycles. The normalized spacial score (nSPS) is 16.6. The maximum atomic E-state index is 11.6. The molecule has 0 fully saturated rings. The zero-order valence-corrected chi connectivity index (χ0v) is 10.9. The van der Waals surface area contributed by atoms with Crippen LogP contribution in [0.5, 0.6) is 0 Å². The zero-order valence-electron chi connectivity index (χ0n) is 10.9. The van der Waals surface area contributed by atoms with Gasteiger partial charge in [0.05, 0.1) is 19.4 Å². The van der Waals surface area contributed by atoms with Crippen LogP contribution in [0.25, 0.3) is 0 Å². The zero-order chi connectivity index (χ0) is 14.7. The quantitative estimate of drug-likeness (QED) is 0.348. The van der Waals surface area contributed by atoms with E-state index < -0.39 is 18.6 Å². The summed E-state index contributed by atoms with van der Waals surface area (Å²) >= 11 is 0. The second-order valence-corrected chi connectivity index (χ2v) is 4.73. The van der Waals surface area contributed by atoms with E-state index in [9.17, 15) is 15.0 Å². The first-order valence-electron chi connectivity index (χ1n) is 6.35. The summed E-state index contributed by atoms with van der Waals surface area (Å²) in [6.07, 6.45) is -0.513. The van der Waals surface area contributed by atoms with Gasteiger partial charge in [0.15, 0.2) is 5.82 Å². The lowest BCUT2D eigenvalue weighted by Crippen LogP contribution is -2.33. The Morgan fingerprint density at radius 2 is 2.15 bits per heavy atom. The van der Waals surface area contributed by atoms with Gasteiger partial charge in [-0.05, 0) is 6.42 Å². The van der Waals surface area contributed by atoms with Gasteiger partial charge in [-0.15, -0.1) is 0 Å². The lowest BCUT2D eigenvalue weighted by Gasteiger charge is -2.23. The van der Waals surface area contributed by atoms with E-state index in [1.807, 2.05) is 0 Å². The van der Waals surface area contributed by atoms with E-state index in [0.717, 1.165) is 0 Å². The molecule has 1 aromatic rings. The molecule has 0 aliphatic carbocycles. The Labute approximate surface area is 115 Å². The number of nitrogens with zero attached hydrogens (tertiary/aromatic N) is 2. The van der Waals surface area contributed by atoms with Crippen molar-refractivity contribution in [2.24, 2.45) is 5.92 Å². The maximum absolute atomic E-state index is 11.6. The van der Waals surface area contributed by atoms with Gasteiger partial charge in [0, 0.05) is 19.1 Å². The number of hydrogen-bond acceptors (Lipinski definition) is 8. The first-order chi connectivity index (χ1) is 9.56. The van der Waals surface area contributed by atoms with E-state index >= 15 is 0 Å². The number of nitrogens with one attached hydrogen (secondary N) is 2. The summed E-state index contributed by atoms with van der Waals surface area (Å²) in [5, 5.41) is 30.5. The van der Waals surface area contributed by atoms with Gasteiger partial charge in [0.25, 0.3) is 5.56 Å². The molecule has 0 amide bonds. The highest BCUT2D eigenvalue weighted by Crippen LogP contribution is 2.26. The Hall–Kier alpha value is -1.84. The predicted molar refractivity (Wildman–Crippen MR) is 73.4 cm³/mol. The molecule has 1 aromatic heterocycles. The highest BCUT2D eigenvalue weighted by molar-refractivity contribution is 5.70. The summed E-state index contributed by atoms with van der Waals surface area (Å²) < 4.78 is 0. The van der Waals surface area contributed by atoms with Crippen LogP contribution in [0.1, 0.15) is 6.42 Å². The molecule has 112 valence electrons. The summed E-state index contributed by atoms with van der Waals surface area (Å²) in [6.45, 7) is 0.256. The topological polar surface area (TPSA) is 148 Å². The van der Waals surface area contributed by atoms with Crippen LogP contribution in [0, 0.1) is 5.92 Å². The van der Waals surface area contributed by atoms with Crippen LogP contribution in [0.15, 0.2) is 4.79 Å². The summed E-state index contributed by atoms with van der Waals surface area (Å²) in [5.41, 5.74) is 5.55. The second kappa shape index (κ2) is 6.07. The van der Waals surface area contributed by atoms with E-state index in [2.05, 4.69) is 15.3 Å². The van der Waals surface area contributed by atoms with Gasteiger partial charge >= 0.3 is 0 Å². The molecule has 1 aliphatic heterocycles. The third-order valence-corrected chi connectivity index (χ3v) is 3.40. The van der Waals surface area contributed by atoms with Crippen molar-refractivity contribution < 1.29 is 15.3 Å². The minimum absolute atomic E-state index is 0.0385. The van der Waals surface area contributed by atoms with Crippen molar-refractivity contribution in [3.8, 4) is 0 Å². The van der Waals surface area contributed by atoms with Crippen LogP contribution in [-0.2, 0) is 0 Å². The molecule has 2 atom stereocenters. The van der Waals surface area contributed by atoms with Crippen LogP contribution in [0.4, 0.5) is 17.5 Å². The van der Waals surface area contributed by atoms with Crippen LogP contribution in [-0.4, -0.2) is 57.8 Å². The summed E-state index contributed by atoms with van der Waals surface area (Å²) in [4.78, 5) is 19.9. The molecule has 0 aromatic carbocycles. The number of anilines is 3. The fraction of sp³-hybridized carbons (Fsp3) is 0.636.